The molecule has 0 radical (unpaired) electrons. The van der Waals surface area contributed by atoms with Crippen LogP contribution in [0.3, 0.4) is 0 Å². The van der Waals surface area contributed by atoms with Gasteiger partial charge in [0.15, 0.2) is 0 Å². The summed E-state index contributed by atoms with van der Waals surface area (Å²) < 4.78 is 45.9. The first-order valence-electron chi connectivity index (χ1n) is 15.2. The number of carbonyl (C=O) groups is 1. The van der Waals surface area contributed by atoms with Crippen LogP contribution in [-0.2, 0) is 4.79 Å². The Hall–Kier alpha value is -3.06. The Labute approximate surface area is 268 Å². The molecule has 2 aromatic carbocycles. The number of aliphatic hydroxyl groups excluding tert-OH is 1. The molecule has 3 atom stereocenters. The summed E-state index contributed by atoms with van der Waals surface area (Å²) in [5, 5.41) is 10.3. The fourth-order valence-electron chi connectivity index (χ4n) is 7.03. The Morgan fingerprint density at radius 3 is 2.60 bits per heavy atom. The van der Waals surface area contributed by atoms with Crippen LogP contribution in [0.25, 0.3) is 22.0 Å². The molecule has 0 unspecified atom stereocenters. The van der Waals surface area contributed by atoms with E-state index in [0.29, 0.717) is 65.6 Å². The lowest BCUT2D eigenvalue weighted by Crippen LogP contribution is -2.54. The first-order chi connectivity index (χ1) is 21.6. The van der Waals surface area contributed by atoms with Crippen molar-refractivity contribution in [1.29, 1.82) is 0 Å². The Balaban J connectivity index is 1.47. The second-order valence-electron chi connectivity index (χ2n) is 11.9. The van der Waals surface area contributed by atoms with E-state index in [9.17, 15) is 19.1 Å². The van der Waals surface area contributed by atoms with E-state index in [1.165, 1.54) is 17.8 Å². The number of amides is 1. The first-order valence-corrected chi connectivity index (χ1v) is 16.6. The van der Waals surface area contributed by atoms with Gasteiger partial charge in [0.2, 0.25) is 5.91 Å². The van der Waals surface area contributed by atoms with Gasteiger partial charge in [-0.1, -0.05) is 18.2 Å². The minimum Gasteiger partial charge on any atom is -0.395 e. The molecule has 0 saturated carbocycles. The molecule has 0 bridgehead atoms. The number of anilines is 1. The summed E-state index contributed by atoms with van der Waals surface area (Å²) in [4.78, 5) is 37.2. The summed E-state index contributed by atoms with van der Waals surface area (Å²) >= 11 is 8.18. The predicted octanol–water partition coefficient (Wildman–Crippen LogP) is 5.24. The Kier molecular flexibility index (Phi) is 9.20. The maximum absolute atomic E-state index is 15.2. The molecule has 45 heavy (non-hydrogen) atoms. The number of carbonyl (C=O) groups excluding carboxylic acids is 1. The highest BCUT2D eigenvalue weighted by Gasteiger charge is 2.34. The van der Waals surface area contributed by atoms with Crippen molar-refractivity contribution >= 4 is 46.0 Å². The number of thioether (sulfide) groups is 1. The number of nitrogens with zero attached hydrogens (tertiary/aromatic N) is 5. The molecule has 2 saturated heterocycles. The van der Waals surface area contributed by atoms with Gasteiger partial charge < -0.3 is 14.9 Å². The fourth-order valence-corrected chi connectivity index (χ4v) is 8.76. The summed E-state index contributed by atoms with van der Waals surface area (Å²) in [6.07, 6.45) is 4.72. The maximum Gasteiger partial charge on any atom is 0.350 e. The number of halogens is 4. The van der Waals surface area contributed by atoms with Gasteiger partial charge in [0, 0.05) is 71.5 Å². The molecular weight excluding hydrogens is 627 g/mol. The van der Waals surface area contributed by atoms with Crippen LogP contribution in [0, 0.1) is 17.5 Å². The van der Waals surface area contributed by atoms with Crippen LogP contribution in [0.1, 0.15) is 38.6 Å². The minimum atomic E-state index is -1.09. The zero-order chi connectivity index (χ0) is 32.0. The molecule has 1 N–H and O–H groups in total. The van der Waals surface area contributed by atoms with Crippen LogP contribution in [0.5, 0.6) is 0 Å². The fraction of sp³-hybridized carbons (Fsp3) is 0.469. The second-order valence-corrected chi connectivity index (χ2v) is 13.4. The molecule has 6 rings (SSSR count). The van der Waals surface area contributed by atoms with E-state index in [0.717, 1.165) is 32.4 Å². The molecular formula is C32H35ClF3N5O3S. The molecule has 8 nitrogen and oxygen atoms in total. The Morgan fingerprint density at radius 2 is 1.91 bits per heavy atom. The number of hydrogen-bond donors (Lipinski definition) is 1. The van der Waals surface area contributed by atoms with Gasteiger partial charge >= 0.3 is 5.69 Å². The molecule has 3 aromatic rings. The van der Waals surface area contributed by atoms with E-state index in [4.69, 9.17) is 11.6 Å². The van der Waals surface area contributed by atoms with E-state index in [1.807, 2.05) is 11.8 Å². The number of hydrogen-bond acceptors (Lipinski definition) is 7. The molecule has 1 amide bonds. The van der Waals surface area contributed by atoms with Crippen LogP contribution < -0.4 is 10.6 Å². The molecule has 13 heteroatoms. The minimum absolute atomic E-state index is 0.0540. The van der Waals surface area contributed by atoms with Gasteiger partial charge in [0.05, 0.1) is 22.7 Å². The summed E-state index contributed by atoms with van der Waals surface area (Å²) in [7, 11) is 0. The standard InChI is InChI=1S/C32H35ClF3N5O3S/c1-3-26(43)39-10-11-40(18(2)15-39)31-22-14-23(33)27(28-24(35)12-19(34)13-25(28)36)30-29(22)41(32(44)37-31)21(17-45-30)7-5-9-38-8-4-6-20(38)16-42/h3,12-14,18,20-21,42H,1,4-11,15-17H2,2H3/t18-,20-,21+/m0/s1. The normalized spacial score (nSPS) is 22.0. The number of aliphatic hydroxyl groups is 1. The average molecular weight is 662 g/mol. The van der Waals surface area contributed by atoms with Crippen LogP contribution in [-0.4, -0.2) is 87.5 Å². The number of aromatic nitrogens is 2. The quantitative estimate of drug-likeness (QED) is 0.331. The number of benzene rings is 2. The van der Waals surface area contributed by atoms with Gasteiger partial charge in [0.25, 0.3) is 0 Å². The third-order valence-electron chi connectivity index (χ3n) is 9.22. The van der Waals surface area contributed by atoms with E-state index in [2.05, 4.69) is 16.5 Å². The van der Waals surface area contributed by atoms with Crippen molar-refractivity contribution in [1.82, 2.24) is 19.4 Å². The van der Waals surface area contributed by atoms with Crippen molar-refractivity contribution < 1.29 is 23.1 Å². The number of likely N-dealkylation sites (tertiary alicyclic amines) is 1. The van der Waals surface area contributed by atoms with E-state index >= 15 is 8.78 Å². The van der Waals surface area contributed by atoms with Gasteiger partial charge in [-0.15, -0.1) is 11.8 Å². The summed E-state index contributed by atoms with van der Waals surface area (Å²) in [5.74, 6) is -2.56. The van der Waals surface area contributed by atoms with Crippen molar-refractivity contribution in [3.05, 3.63) is 63.8 Å². The lowest BCUT2D eigenvalue weighted by Gasteiger charge is -2.41. The summed E-state index contributed by atoms with van der Waals surface area (Å²) in [5.41, 5.74) is -0.371. The topological polar surface area (TPSA) is 81.9 Å². The smallest absolute Gasteiger partial charge is 0.350 e. The third kappa shape index (κ3) is 5.86. The van der Waals surface area contributed by atoms with Crippen LogP contribution in [0.15, 0.2) is 40.5 Å². The van der Waals surface area contributed by atoms with Crippen LogP contribution in [0.2, 0.25) is 5.02 Å². The molecule has 0 aliphatic carbocycles. The van der Waals surface area contributed by atoms with E-state index in [1.54, 1.807) is 15.5 Å². The van der Waals surface area contributed by atoms with Gasteiger partial charge in [0.1, 0.15) is 23.3 Å². The first kappa shape index (κ1) is 31.9. The molecule has 1 aromatic heterocycles. The van der Waals surface area contributed by atoms with Gasteiger partial charge in [-0.05, 0) is 57.8 Å². The lowest BCUT2D eigenvalue weighted by molar-refractivity contribution is -0.126. The molecule has 2 fully saturated rings. The molecule has 4 heterocycles. The maximum atomic E-state index is 15.2. The number of piperazine rings is 1. The SMILES string of the molecule is C=CC(=O)N1CCN(c2nc(=O)n3c4c(c(-c5c(F)cc(F)cc5F)c(Cl)cc24)SC[C@H]3CCCN2CCC[C@H]2CO)[C@@H](C)C1. The van der Waals surface area contributed by atoms with Crippen LogP contribution >= 0.6 is 23.4 Å². The highest BCUT2D eigenvalue weighted by molar-refractivity contribution is 7.99. The largest absolute Gasteiger partial charge is 0.395 e. The Bertz CT molecular complexity index is 1700. The molecule has 3 aliphatic rings. The van der Waals surface area contributed by atoms with Crippen molar-refractivity contribution in [2.45, 2.75) is 55.6 Å². The van der Waals surface area contributed by atoms with Crippen LogP contribution in [0.4, 0.5) is 19.0 Å². The van der Waals surface area contributed by atoms with Gasteiger partial charge in [-0.2, -0.15) is 4.98 Å². The zero-order valence-corrected chi connectivity index (χ0v) is 26.5. The van der Waals surface area contributed by atoms with Crippen molar-refractivity contribution in [2.75, 3.05) is 50.0 Å². The molecule has 0 spiro atoms. The van der Waals surface area contributed by atoms with E-state index < -0.39 is 28.7 Å². The van der Waals surface area contributed by atoms with Gasteiger partial charge in [-0.25, -0.2) is 18.0 Å². The van der Waals surface area contributed by atoms with Crippen molar-refractivity contribution in [2.24, 2.45) is 0 Å². The highest BCUT2D eigenvalue weighted by Crippen LogP contribution is 2.49. The Morgan fingerprint density at radius 1 is 1.16 bits per heavy atom. The summed E-state index contributed by atoms with van der Waals surface area (Å²) in [6, 6.07) is 2.53. The lowest BCUT2D eigenvalue weighted by atomic mass is 10.0. The monoisotopic (exact) mass is 661 g/mol. The highest BCUT2D eigenvalue weighted by atomic mass is 35.5. The van der Waals surface area contributed by atoms with Gasteiger partial charge in [-0.3, -0.25) is 14.3 Å². The predicted molar refractivity (Wildman–Crippen MR) is 171 cm³/mol. The van der Waals surface area contributed by atoms with Crippen molar-refractivity contribution in [3.8, 4) is 11.1 Å². The molecule has 3 aliphatic heterocycles. The third-order valence-corrected chi connectivity index (χ3v) is 10.8. The number of rotatable bonds is 8. The second kappa shape index (κ2) is 13.0. The van der Waals surface area contributed by atoms with E-state index in [-0.39, 0.29) is 41.2 Å². The summed E-state index contributed by atoms with van der Waals surface area (Å²) in [6.45, 7) is 8.53. The zero-order valence-electron chi connectivity index (χ0n) is 24.9. The van der Waals surface area contributed by atoms with Crippen molar-refractivity contribution in [3.63, 3.8) is 0 Å². The average Bonchev–Trinajstić information content (AvgIpc) is 3.47. The molecule has 240 valence electrons.